The number of hydrogen-bond acceptors (Lipinski definition) is 4. The molecule has 20 heavy (non-hydrogen) atoms. The Morgan fingerprint density at radius 2 is 2.05 bits per heavy atom. The van der Waals surface area contributed by atoms with Crippen LogP contribution in [0.25, 0.3) is 0 Å². The van der Waals surface area contributed by atoms with E-state index < -0.39 is 16.0 Å². The number of hydrogen-bond donors (Lipinski definition) is 2. The Bertz CT molecular complexity index is 772. The van der Waals surface area contributed by atoms with Crippen LogP contribution in [-0.4, -0.2) is 19.5 Å². The lowest BCUT2D eigenvalue weighted by Gasteiger charge is -2.07. The standard InChI is InChI=1S/C11H7BrClNO4S2/c12-10-9(5-8(19-10)11(15)16)20(17,18)14-7-3-1-2-6(13)4-7/h1-5,14H,(H,15,16). The average molecular weight is 397 g/mol. The number of aromatic carboxylic acids is 1. The molecule has 2 N–H and O–H groups in total. The van der Waals surface area contributed by atoms with Crippen molar-refractivity contribution in [3.8, 4) is 0 Å². The number of nitrogens with one attached hydrogen (secondary N) is 1. The van der Waals surface area contributed by atoms with Crippen LogP contribution in [0.15, 0.2) is 39.0 Å². The second-order valence-corrected chi connectivity index (χ2v) is 8.13. The molecule has 0 unspecified atom stereocenters. The summed E-state index contributed by atoms with van der Waals surface area (Å²) >= 11 is 9.67. The maximum Gasteiger partial charge on any atom is 0.345 e. The van der Waals surface area contributed by atoms with Gasteiger partial charge in [-0.1, -0.05) is 17.7 Å². The Labute approximate surface area is 132 Å². The number of carboxylic acid groups (broad SMARTS) is 1. The minimum Gasteiger partial charge on any atom is -0.477 e. The van der Waals surface area contributed by atoms with E-state index in [1.54, 1.807) is 18.2 Å². The van der Waals surface area contributed by atoms with Gasteiger partial charge in [0.05, 0.1) is 9.47 Å². The largest absolute Gasteiger partial charge is 0.477 e. The highest BCUT2D eigenvalue weighted by Crippen LogP contribution is 2.33. The van der Waals surface area contributed by atoms with Gasteiger partial charge in [0, 0.05) is 5.02 Å². The van der Waals surface area contributed by atoms with Crippen LogP contribution in [0.1, 0.15) is 9.67 Å². The molecule has 106 valence electrons. The predicted molar refractivity (Wildman–Crippen MR) is 81.2 cm³/mol. The van der Waals surface area contributed by atoms with Gasteiger partial charge in [0.2, 0.25) is 0 Å². The Kier molecular flexibility index (Phi) is 4.38. The van der Waals surface area contributed by atoms with E-state index in [2.05, 4.69) is 20.7 Å². The van der Waals surface area contributed by atoms with E-state index in [0.29, 0.717) is 10.7 Å². The Hall–Kier alpha value is -1.09. The molecule has 2 aromatic rings. The molecule has 2 rings (SSSR count). The van der Waals surface area contributed by atoms with Gasteiger partial charge in [0.15, 0.2) is 0 Å². The van der Waals surface area contributed by atoms with Crippen LogP contribution >= 0.6 is 38.9 Å². The first kappa shape index (κ1) is 15.3. The highest BCUT2D eigenvalue weighted by molar-refractivity contribution is 9.11. The van der Waals surface area contributed by atoms with Crippen molar-refractivity contribution in [3.63, 3.8) is 0 Å². The zero-order valence-corrected chi connectivity index (χ0v) is 13.6. The molecule has 0 spiro atoms. The van der Waals surface area contributed by atoms with Crippen LogP contribution < -0.4 is 4.72 Å². The van der Waals surface area contributed by atoms with Crippen LogP contribution in [0, 0.1) is 0 Å². The average Bonchev–Trinajstić information content (AvgIpc) is 2.71. The number of carboxylic acids is 1. The second kappa shape index (κ2) is 5.72. The molecule has 0 saturated heterocycles. The third-order valence-corrected chi connectivity index (χ3v) is 6.09. The number of thiophene rings is 1. The molecule has 1 heterocycles. The molecule has 0 radical (unpaired) electrons. The van der Waals surface area contributed by atoms with E-state index in [0.717, 1.165) is 17.4 Å². The summed E-state index contributed by atoms with van der Waals surface area (Å²) in [5.41, 5.74) is 0.299. The zero-order valence-electron chi connectivity index (χ0n) is 9.63. The molecule has 0 aliphatic heterocycles. The fourth-order valence-corrected chi connectivity index (χ4v) is 5.05. The zero-order chi connectivity index (χ0) is 14.9. The van der Waals surface area contributed by atoms with E-state index >= 15 is 0 Å². The quantitative estimate of drug-likeness (QED) is 0.826. The number of rotatable bonds is 4. The molecule has 1 aromatic heterocycles. The predicted octanol–water partition coefficient (Wildman–Crippen LogP) is 3.66. The van der Waals surface area contributed by atoms with Gasteiger partial charge in [0.25, 0.3) is 10.0 Å². The molecule has 0 saturated carbocycles. The third-order valence-electron chi connectivity index (χ3n) is 2.23. The molecule has 0 aliphatic rings. The Morgan fingerprint density at radius 3 is 2.60 bits per heavy atom. The summed E-state index contributed by atoms with van der Waals surface area (Å²) in [5.74, 6) is -1.18. The molecular weight excluding hydrogens is 390 g/mol. The van der Waals surface area contributed by atoms with Crippen LogP contribution in [0.2, 0.25) is 5.02 Å². The normalized spacial score (nSPS) is 11.3. The molecular formula is C11H7BrClNO4S2. The van der Waals surface area contributed by atoms with Crippen molar-refractivity contribution in [2.24, 2.45) is 0 Å². The molecule has 9 heteroatoms. The molecule has 0 fully saturated rings. The molecule has 1 aromatic carbocycles. The first-order chi connectivity index (χ1) is 9.29. The van der Waals surface area contributed by atoms with Gasteiger partial charge in [-0.15, -0.1) is 11.3 Å². The fourth-order valence-electron chi connectivity index (χ4n) is 1.40. The maximum absolute atomic E-state index is 12.2. The van der Waals surface area contributed by atoms with Gasteiger partial charge >= 0.3 is 5.97 Å². The number of carbonyl (C=O) groups is 1. The lowest BCUT2D eigenvalue weighted by molar-refractivity contribution is 0.0702. The smallest absolute Gasteiger partial charge is 0.345 e. The van der Waals surface area contributed by atoms with Crippen molar-refractivity contribution < 1.29 is 18.3 Å². The number of sulfonamides is 1. The SMILES string of the molecule is O=C(O)c1cc(S(=O)(=O)Nc2cccc(Cl)c2)c(Br)s1. The molecule has 5 nitrogen and oxygen atoms in total. The van der Waals surface area contributed by atoms with Crippen molar-refractivity contribution >= 4 is 60.5 Å². The van der Waals surface area contributed by atoms with E-state index in [9.17, 15) is 13.2 Å². The Balaban J connectivity index is 2.38. The molecule has 0 aliphatic carbocycles. The summed E-state index contributed by atoms with van der Waals surface area (Å²) < 4.78 is 27.0. The van der Waals surface area contributed by atoms with Gasteiger partial charge in [-0.2, -0.15) is 0 Å². The molecule has 0 bridgehead atoms. The van der Waals surface area contributed by atoms with Crippen molar-refractivity contribution in [1.82, 2.24) is 0 Å². The van der Waals surface area contributed by atoms with Crippen LogP contribution in [0.3, 0.4) is 0 Å². The topological polar surface area (TPSA) is 83.5 Å². The maximum atomic E-state index is 12.2. The van der Waals surface area contributed by atoms with Gasteiger partial charge in [0.1, 0.15) is 9.77 Å². The first-order valence-electron chi connectivity index (χ1n) is 5.10. The highest BCUT2D eigenvalue weighted by atomic mass is 79.9. The minimum absolute atomic E-state index is 0.0663. The summed E-state index contributed by atoms with van der Waals surface area (Å²) in [6.45, 7) is 0. The molecule has 0 atom stereocenters. The van der Waals surface area contributed by atoms with Crippen LogP contribution in [-0.2, 0) is 10.0 Å². The lowest BCUT2D eigenvalue weighted by atomic mass is 10.3. The van der Waals surface area contributed by atoms with Crippen molar-refractivity contribution in [2.45, 2.75) is 4.90 Å². The third kappa shape index (κ3) is 3.32. The molecule has 0 amide bonds. The van der Waals surface area contributed by atoms with Gasteiger partial charge in [-0.05, 0) is 40.2 Å². The van der Waals surface area contributed by atoms with E-state index in [4.69, 9.17) is 16.7 Å². The van der Waals surface area contributed by atoms with Crippen molar-refractivity contribution in [3.05, 3.63) is 44.0 Å². The number of benzene rings is 1. The monoisotopic (exact) mass is 395 g/mol. The van der Waals surface area contributed by atoms with Crippen molar-refractivity contribution in [2.75, 3.05) is 4.72 Å². The van der Waals surface area contributed by atoms with E-state index in [-0.39, 0.29) is 13.6 Å². The minimum atomic E-state index is -3.88. The number of anilines is 1. The highest BCUT2D eigenvalue weighted by Gasteiger charge is 2.23. The van der Waals surface area contributed by atoms with Crippen molar-refractivity contribution in [1.29, 1.82) is 0 Å². The summed E-state index contributed by atoms with van der Waals surface area (Å²) in [7, 11) is -3.88. The second-order valence-electron chi connectivity index (χ2n) is 3.67. The lowest BCUT2D eigenvalue weighted by Crippen LogP contribution is -2.12. The van der Waals surface area contributed by atoms with Gasteiger partial charge in [-0.25, -0.2) is 13.2 Å². The van der Waals surface area contributed by atoms with Crippen LogP contribution in [0.5, 0.6) is 0 Å². The summed E-state index contributed by atoms with van der Waals surface area (Å²) in [4.78, 5) is 10.7. The van der Waals surface area contributed by atoms with Gasteiger partial charge < -0.3 is 5.11 Å². The van der Waals surface area contributed by atoms with Gasteiger partial charge in [-0.3, -0.25) is 4.72 Å². The summed E-state index contributed by atoms with van der Waals surface area (Å²) in [5, 5.41) is 9.26. The van der Waals surface area contributed by atoms with E-state index in [1.165, 1.54) is 6.07 Å². The van der Waals surface area contributed by atoms with E-state index in [1.807, 2.05) is 0 Å². The van der Waals surface area contributed by atoms with Crippen LogP contribution in [0.4, 0.5) is 5.69 Å². The first-order valence-corrected chi connectivity index (χ1v) is 8.57. The fraction of sp³-hybridized carbons (Fsp3) is 0. The number of halogens is 2. The summed E-state index contributed by atoms with van der Waals surface area (Å²) in [6, 6.07) is 7.32. The Morgan fingerprint density at radius 1 is 1.35 bits per heavy atom. The summed E-state index contributed by atoms with van der Waals surface area (Å²) in [6.07, 6.45) is 0.